The summed E-state index contributed by atoms with van der Waals surface area (Å²) in [5.74, 6) is -0.815. The maximum absolute atomic E-state index is 12.5. The molecule has 0 saturated heterocycles. The molecule has 0 aromatic heterocycles. The largest absolute Gasteiger partial charge is 0.464 e. The van der Waals surface area contributed by atoms with Crippen LogP contribution in [0.4, 0.5) is 4.79 Å². The van der Waals surface area contributed by atoms with E-state index in [0.29, 0.717) is 6.61 Å². The molecule has 0 rings (SSSR count). The van der Waals surface area contributed by atoms with Gasteiger partial charge in [-0.2, -0.15) is 0 Å². The number of nitrogens with zero attached hydrogens (tertiary/aromatic N) is 2. The van der Waals surface area contributed by atoms with E-state index in [1.807, 2.05) is 0 Å². The zero-order valence-corrected chi connectivity index (χ0v) is 18.9. The van der Waals surface area contributed by atoms with Gasteiger partial charge in [0.05, 0.1) is 12.9 Å². The number of likely N-dealkylation sites (N-methyl/N-ethyl adjacent to an activating group) is 2. The first-order valence-electron chi connectivity index (χ1n) is 10.8. The van der Waals surface area contributed by atoms with E-state index in [9.17, 15) is 14.4 Å². The number of hydrogen-bond donors (Lipinski definition) is 0. The Kier molecular flexibility index (Phi) is 14.7. The van der Waals surface area contributed by atoms with Crippen molar-refractivity contribution in [2.45, 2.75) is 90.6 Å². The Labute approximate surface area is 176 Å². The fourth-order valence-corrected chi connectivity index (χ4v) is 2.83. The Bertz CT molecular complexity index is 509. The number of amides is 2. The average molecular weight is 413 g/mol. The molecule has 0 aliphatic heterocycles. The first kappa shape index (κ1) is 27.0. The minimum absolute atomic E-state index is 0.363. The molecule has 0 saturated carbocycles. The lowest BCUT2D eigenvalue weighted by Gasteiger charge is -2.30. The molecule has 0 fully saturated rings. The lowest BCUT2D eigenvalue weighted by molar-refractivity contribution is -0.154. The van der Waals surface area contributed by atoms with Crippen molar-refractivity contribution in [3.05, 3.63) is 12.8 Å². The molecule has 0 aromatic rings. The maximum atomic E-state index is 12.5. The zero-order valence-electron chi connectivity index (χ0n) is 18.9. The van der Waals surface area contributed by atoms with Crippen LogP contribution in [0.1, 0.15) is 78.6 Å². The van der Waals surface area contributed by atoms with Crippen molar-refractivity contribution in [2.75, 3.05) is 20.7 Å². The van der Waals surface area contributed by atoms with Crippen molar-refractivity contribution in [3.63, 3.8) is 0 Å². The fourth-order valence-electron chi connectivity index (χ4n) is 2.83. The van der Waals surface area contributed by atoms with Crippen molar-refractivity contribution in [1.29, 1.82) is 0 Å². The Balaban J connectivity index is 4.13. The molecule has 0 bridgehead atoms. The third-order valence-electron chi connectivity index (χ3n) is 5.17. The maximum Gasteiger partial charge on any atom is 0.415 e. The van der Waals surface area contributed by atoms with Gasteiger partial charge < -0.3 is 14.4 Å². The second-order valence-electron chi connectivity index (χ2n) is 7.46. The number of ether oxygens (including phenoxy) is 2. The van der Waals surface area contributed by atoms with Gasteiger partial charge in [0.2, 0.25) is 5.91 Å². The minimum atomic E-state index is -0.778. The highest BCUT2D eigenvalue weighted by atomic mass is 16.5. The Morgan fingerprint density at radius 1 is 0.862 bits per heavy atom. The van der Waals surface area contributed by atoms with Crippen LogP contribution in [0.5, 0.6) is 0 Å². The highest BCUT2D eigenvalue weighted by Gasteiger charge is 2.31. The van der Waals surface area contributed by atoms with E-state index in [1.54, 1.807) is 13.8 Å². The number of rotatable bonds is 15. The Morgan fingerprint density at radius 2 is 1.38 bits per heavy atom. The minimum Gasteiger partial charge on any atom is -0.464 e. The molecule has 7 heteroatoms. The lowest BCUT2D eigenvalue weighted by atomic mass is 10.1. The molecular weight excluding hydrogens is 372 g/mol. The summed E-state index contributed by atoms with van der Waals surface area (Å²) in [7, 11) is 2.98. The zero-order chi connectivity index (χ0) is 22.2. The standard InChI is InChI=1S/C22H40N2O5/c1-7-9-10-11-12-13-14-15-16-17-29-21(26)19(4)23(5)20(25)18(3)24(6)22(27)28-8-2/h8,18-19H,2,7,9-17H2,1,3-6H3. The number of carbonyl (C=O) groups excluding carboxylic acids is 3. The van der Waals surface area contributed by atoms with Gasteiger partial charge in [0.1, 0.15) is 12.1 Å². The molecule has 0 aliphatic rings. The molecule has 7 nitrogen and oxygen atoms in total. The second-order valence-corrected chi connectivity index (χ2v) is 7.46. The van der Waals surface area contributed by atoms with Crippen LogP contribution in [-0.4, -0.2) is 60.6 Å². The van der Waals surface area contributed by atoms with Crippen LogP contribution in [0, 0.1) is 0 Å². The number of esters is 1. The smallest absolute Gasteiger partial charge is 0.415 e. The van der Waals surface area contributed by atoms with E-state index in [0.717, 1.165) is 30.4 Å². The summed E-state index contributed by atoms with van der Waals surface area (Å²) in [6.07, 6.45) is 11.1. The molecule has 29 heavy (non-hydrogen) atoms. The Hall–Kier alpha value is -2.05. The summed E-state index contributed by atoms with van der Waals surface area (Å²) >= 11 is 0. The first-order valence-corrected chi connectivity index (χ1v) is 10.8. The van der Waals surface area contributed by atoms with E-state index in [1.165, 1.54) is 57.5 Å². The molecule has 0 aliphatic carbocycles. The summed E-state index contributed by atoms with van der Waals surface area (Å²) in [6.45, 7) is 9.08. The van der Waals surface area contributed by atoms with Crippen LogP contribution in [-0.2, 0) is 19.1 Å². The van der Waals surface area contributed by atoms with Crippen molar-refractivity contribution in [1.82, 2.24) is 9.80 Å². The van der Waals surface area contributed by atoms with Crippen LogP contribution in [0.25, 0.3) is 0 Å². The van der Waals surface area contributed by atoms with Gasteiger partial charge in [-0.25, -0.2) is 9.59 Å². The molecule has 2 amide bonds. The summed E-state index contributed by atoms with van der Waals surface area (Å²) in [5.41, 5.74) is 0. The van der Waals surface area contributed by atoms with Gasteiger partial charge in [-0.3, -0.25) is 9.69 Å². The van der Waals surface area contributed by atoms with Crippen molar-refractivity contribution >= 4 is 18.0 Å². The van der Waals surface area contributed by atoms with Crippen molar-refractivity contribution in [3.8, 4) is 0 Å². The van der Waals surface area contributed by atoms with Gasteiger partial charge in [-0.1, -0.05) is 64.9 Å². The van der Waals surface area contributed by atoms with Crippen LogP contribution in [0.3, 0.4) is 0 Å². The van der Waals surface area contributed by atoms with Crippen LogP contribution < -0.4 is 0 Å². The van der Waals surface area contributed by atoms with Gasteiger partial charge in [0.15, 0.2) is 0 Å². The van der Waals surface area contributed by atoms with Gasteiger partial charge in [-0.15, -0.1) is 0 Å². The molecule has 0 aromatic carbocycles. The summed E-state index contributed by atoms with van der Waals surface area (Å²) in [6, 6.07) is -1.51. The van der Waals surface area contributed by atoms with E-state index in [-0.39, 0.29) is 5.91 Å². The molecule has 0 spiro atoms. The normalized spacial score (nSPS) is 12.6. The molecule has 2 unspecified atom stereocenters. The third kappa shape index (κ3) is 10.9. The fraction of sp³-hybridized carbons (Fsp3) is 0.773. The van der Waals surface area contributed by atoms with Crippen molar-refractivity contribution in [2.24, 2.45) is 0 Å². The van der Waals surface area contributed by atoms with Crippen LogP contribution in [0.2, 0.25) is 0 Å². The first-order chi connectivity index (χ1) is 13.8. The predicted octanol–water partition coefficient (Wildman–Crippen LogP) is 4.51. The molecule has 0 N–H and O–H groups in total. The number of carbonyl (C=O) groups is 3. The number of unbranched alkanes of at least 4 members (excludes halogenated alkanes) is 8. The van der Waals surface area contributed by atoms with Crippen LogP contribution >= 0.6 is 0 Å². The molecule has 0 heterocycles. The van der Waals surface area contributed by atoms with E-state index in [2.05, 4.69) is 18.2 Å². The lowest BCUT2D eigenvalue weighted by Crippen LogP contribution is -2.51. The third-order valence-corrected chi connectivity index (χ3v) is 5.17. The summed E-state index contributed by atoms with van der Waals surface area (Å²) < 4.78 is 9.98. The molecule has 168 valence electrons. The highest BCUT2D eigenvalue weighted by Crippen LogP contribution is 2.11. The SMILES string of the molecule is C=COC(=O)N(C)C(C)C(=O)N(C)C(C)C(=O)OCCCCCCCCCCC. The monoisotopic (exact) mass is 412 g/mol. The molecule has 0 radical (unpaired) electrons. The molecular formula is C22H40N2O5. The summed E-state index contributed by atoms with van der Waals surface area (Å²) in [4.78, 5) is 38.9. The van der Waals surface area contributed by atoms with E-state index in [4.69, 9.17) is 4.74 Å². The molecule has 2 atom stereocenters. The predicted molar refractivity (Wildman–Crippen MR) is 114 cm³/mol. The van der Waals surface area contributed by atoms with Crippen molar-refractivity contribution < 1.29 is 23.9 Å². The Morgan fingerprint density at radius 3 is 1.90 bits per heavy atom. The quantitative estimate of drug-likeness (QED) is 0.225. The summed E-state index contributed by atoms with van der Waals surface area (Å²) in [5, 5.41) is 0. The van der Waals surface area contributed by atoms with E-state index >= 15 is 0 Å². The van der Waals surface area contributed by atoms with Gasteiger partial charge in [0.25, 0.3) is 0 Å². The van der Waals surface area contributed by atoms with Gasteiger partial charge in [0, 0.05) is 14.1 Å². The topological polar surface area (TPSA) is 76.2 Å². The number of hydrogen-bond acceptors (Lipinski definition) is 5. The second kappa shape index (κ2) is 15.8. The highest BCUT2D eigenvalue weighted by molar-refractivity contribution is 5.89. The van der Waals surface area contributed by atoms with Gasteiger partial charge >= 0.3 is 12.1 Å². The van der Waals surface area contributed by atoms with Crippen LogP contribution in [0.15, 0.2) is 12.8 Å². The van der Waals surface area contributed by atoms with Gasteiger partial charge in [-0.05, 0) is 20.3 Å². The van der Waals surface area contributed by atoms with E-state index < -0.39 is 24.1 Å². The average Bonchev–Trinajstić information content (AvgIpc) is 2.72.